The molecule has 2 rings (SSSR count). The van der Waals surface area contributed by atoms with Crippen LogP contribution in [-0.4, -0.2) is 5.54 Å². The van der Waals surface area contributed by atoms with Crippen molar-refractivity contribution in [1.29, 1.82) is 0 Å². The Bertz CT molecular complexity index is 514. The molecule has 0 unspecified atom stereocenters. The van der Waals surface area contributed by atoms with Crippen LogP contribution in [0.25, 0.3) is 0 Å². The summed E-state index contributed by atoms with van der Waals surface area (Å²) in [6.07, 6.45) is 0.843. The maximum absolute atomic E-state index is 6.04. The summed E-state index contributed by atoms with van der Waals surface area (Å²) in [5.74, 6) is 0.894. The van der Waals surface area contributed by atoms with Gasteiger partial charge in [0.2, 0.25) is 0 Å². The molecule has 0 spiro atoms. The highest BCUT2D eigenvalue weighted by Gasteiger charge is 2.11. The van der Waals surface area contributed by atoms with Crippen molar-refractivity contribution in [3.05, 3.63) is 65.7 Å². The molecule has 0 amide bonds. The number of nitrogens with two attached hydrogens (primary N) is 1. The highest BCUT2D eigenvalue weighted by atomic mass is 16.5. The van der Waals surface area contributed by atoms with Crippen molar-refractivity contribution >= 4 is 0 Å². The van der Waals surface area contributed by atoms with Crippen molar-refractivity contribution in [3.8, 4) is 5.75 Å². The summed E-state index contributed by atoms with van der Waals surface area (Å²) in [7, 11) is 0. The summed E-state index contributed by atoms with van der Waals surface area (Å²) in [6.45, 7) is 4.66. The van der Waals surface area contributed by atoms with Crippen LogP contribution in [0.15, 0.2) is 54.6 Å². The van der Waals surface area contributed by atoms with Gasteiger partial charge in [-0.1, -0.05) is 42.5 Å². The molecular formula is C17H21NO. The summed E-state index contributed by atoms with van der Waals surface area (Å²) < 4.78 is 5.81. The Kier molecular flexibility index (Phi) is 4.23. The van der Waals surface area contributed by atoms with Crippen LogP contribution in [0.4, 0.5) is 0 Å². The van der Waals surface area contributed by atoms with Gasteiger partial charge in [0.25, 0.3) is 0 Å². The number of benzene rings is 2. The lowest BCUT2D eigenvalue weighted by atomic mass is 9.96. The standard InChI is InChI=1S/C17H21NO/c1-17(2,18)12-15-9-6-10-16(11-15)19-13-14-7-4-3-5-8-14/h3-11H,12-13,18H2,1-2H3. The van der Waals surface area contributed by atoms with Crippen LogP contribution < -0.4 is 10.5 Å². The molecule has 0 aliphatic rings. The van der Waals surface area contributed by atoms with Gasteiger partial charge in [-0.25, -0.2) is 0 Å². The summed E-state index contributed by atoms with van der Waals surface area (Å²) in [5, 5.41) is 0. The maximum atomic E-state index is 6.04. The van der Waals surface area contributed by atoms with Gasteiger partial charge in [0.1, 0.15) is 12.4 Å². The molecule has 0 fully saturated rings. The van der Waals surface area contributed by atoms with Gasteiger partial charge in [-0.15, -0.1) is 0 Å². The van der Waals surface area contributed by atoms with Crippen molar-refractivity contribution in [2.24, 2.45) is 5.73 Å². The van der Waals surface area contributed by atoms with Gasteiger partial charge in [-0.2, -0.15) is 0 Å². The van der Waals surface area contributed by atoms with E-state index in [-0.39, 0.29) is 5.54 Å². The van der Waals surface area contributed by atoms with Gasteiger partial charge in [-0.3, -0.25) is 0 Å². The fourth-order valence-corrected chi connectivity index (χ4v) is 2.01. The Morgan fingerprint density at radius 3 is 2.32 bits per heavy atom. The SMILES string of the molecule is CC(C)(N)Cc1cccc(OCc2ccccc2)c1. The van der Waals surface area contributed by atoms with E-state index in [4.69, 9.17) is 10.5 Å². The molecule has 2 heteroatoms. The van der Waals surface area contributed by atoms with Crippen molar-refractivity contribution in [3.63, 3.8) is 0 Å². The fraction of sp³-hybridized carbons (Fsp3) is 0.294. The van der Waals surface area contributed by atoms with Crippen LogP contribution in [0, 0.1) is 0 Å². The fourth-order valence-electron chi connectivity index (χ4n) is 2.01. The largest absolute Gasteiger partial charge is 0.489 e. The van der Waals surface area contributed by atoms with Crippen molar-refractivity contribution in [2.45, 2.75) is 32.4 Å². The normalized spacial score (nSPS) is 11.3. The first-order valence-electron chi connectivity index (χ1n) is 6.57. The Morgan fingerprint density at radius 1 is 0.947 bits per heavy atom. The molecule has 0 bridgehead atoms. The van der Waals surface area contributed by atoms with E-state index in [0.717, 1.165) is 12.2 Å². The molecule has 0 saturated heterocycles. The molecule has 0 aromatic heterocycles. The van der Waals surface area contributed by atoms with E-state index in [1.165, 1.54) is 11.1 Å². The van der Waals surface area contributed by atoms with Crippen LogP contribution in [-0.2, 0) is 13.0 Å². The lowest BCUT2D eigenvalue weighted by molar-refractivity contribution is 0.305. The van der Waals surface area contributed by atoms with E-state index in [1.54, 1.807) is 0 Å². The zero-order chi connectivity index (χ0) is 13.7. The Morgan fingerprint density at radius 2 is 1.63 bits per heavy atom. The van der Waals surface area contributed by atoms with E-state index < -0.39 is 0 Å². The molecule has 2 aromatic carbocycles. The lowest BCUT2D eigenvalue weighted by Gasteiger charge is -2.18. The monoisotopic (exact) mass is 255 g/mol. The minimum Gasteiger partial charge on any atom is -0.489 e. The molecule has 0 heterocycles. The summed E-state index contributed by atoms with van der Waals surface area (Å²) in [4.78, 5) is 0. The van der Waals surface area contributed by atoms with Gasteiger partial charge in [0.05, 0.1) is 0 Å². The third kappa shape index (κ3) is 4.76. The van der Waals surface area contributed by atoms with Gasteiger partial charge < -0.3 is 10.5 Å². The topological polar surface area (TPSA) is 35.2 Å². The highest BCUT2D eigenvalue weighted by Crippen LogP contribution is 2.18. The first-order chi connectivity index (χ1) is 9.03. The number of ether oxygens (including phenoxy) is 1. The Hall–Kier alpha value is -1.80. The van der Waals surface area contributed by atoms with E-state index in [2.05, 4.69) is 24.3 Å². The molecular weight excluding hydrogens is 234 g/mol. The Labute approximate surface area is 115 Å². The van der Waals surface area contributed by atoms with E-state index in [9.17, 15) is 0 Å². The lowest BCUT2D eigenvalue weighted by Crippen LogP contribution is -2.34. The summed E-state index contributed by atoms with van der Waals surface area (Å²) >= 11 is 0. The molecule has 0 aliphatic heterocycles. The van der Waals surface area contributed by atoms with Crippen molar-refractivity contribution in [2.75, 3.05) is 0 Å². The molecule has 100 valence electrons. The second-order valence-electron chi connectivity index (χ2n) is 5.59. The van der Waals surface area contributed by atoms with Crippen LogP contribution in [0.5, 0.6) is 5.75 Å². The Balaban J connectivity index is 1.99. The van der Waals surface area contributed by atoms with Crippen LogP contribution in [0.3, 0.4) is 0 Å². The molecule has 0 saturated carbocycles. The minimum atomic E-state index is -0.196. The molecule has 19 heavy (non-hydrogen) atoms. The van der Waals surface area contributed by atoms with Gasteiger partial charge >= 0.3 is 0 Å². The first kappa shape index (κ1) is 13.6. The molecule has 2 N–H and O–H groups in total. The summed E-state index contributed by atoms with van der Waals surface area (Å²) in [6, 6.07) is 18.3. The summed E-state index contributed by atoms with van der Waals surface area (Å²) in [5.41, 5.74) is 8.23. The highest BCUT2D eigenvalue weighted by molar-refractivity contribution is 5.30. The third-order valence-corrected chi connectivity index (χ3v) is 2.81. The van der Waals surface area contributed by atoms with Gasteiger partial charge in [0.15, 0.2) is 0 Å². The molecule has 0 atom stereocenters. The van der Waals surface area contributed by atoms with Gasteiger partial charge in [0, 0.05) is 5.54 Å². The predicted octanol–water partition coefficient (Wildman–Crippen LogP) is 3.55. The average Bonchev–Trinajstić information content (AvgIpc) is 2.36. The average molecular weight is 255 g/mol. The minimum absolute atomic E-state index is 0.196. The van der Waals surface area contributed by atoms with Gasteiger partial charge in [-0.05, 0) is 43.5 Å². The number of hydrogen-bond donors (Lipinski definition) is 1. The van der Waals surface area contributed by atoms with Crippen LogP contribution in [0.2, 0.25) is 0 Å². The van der Waals surface area contributed by atoms with Crippen LogP contribution in [0.1, 0.15) is 25.0 Å². The van der Waals surface area contributed by atoms with E-state index in [0.29, 0.717) is 6.61 Å². The quantitative estimate of drug-likeness (QED) is 0.886. The zero-order valence-electron chi connectivity index (χ0n) is 11.6. The van der Waals surface area contributed by atoms with Crippen molar-refractivity contribution < 1.29 is 4.74 Å². The molecule has 0 aliphatic carbocycles. The maximum Gasteiger partial charge on any atom is 0.120 e. The molecule has 0 radical (unpaired) electrons. The second kappa shape index (κ2) is 5.89. The smallest absolute Gasteiger partial charge is 0.120 e. The molecule has 2 aromatic rings. The van der Waals surface area contributed by atoms with Crippen LogP contribution >= 0.6 is 0 Å². The first-order valence-corrected chi connectivity index (χ1v) is 6.57. The number of hydrogen-bond acceptors (Lipinski definition) is 2. The van der Waals surface area contributed by atoms with E-state index in [1.807, 2.05) is 44.2 Å². The third-order valence-electron chi connectivity index (χ3n) is 2.81. The number of rotatable bonds is 5. The van der Waals surface area contributed by atoms with Crippen molar-refractivity contribution in [1.82, 2.24) is 0 Å². The zero-order valence-corrected chi connectivity index (χ0v) is 11.6. The second-order valence-corrected chi connectivity index (χ2v) is 5.59. The predicted molar refractivity (Wildman–Crippen MR) is 79.2 cm³/mol. The van der Waals surface area contributed by atoms with E-state index >= 15 is 0 Å². The molecule has 2 nitrogen and oxygen atoms in total.